The van der Waals surface area contributed by atoms with Crippen molar-refractivity contribution in [3.8, 4) is 24.3 Å². The summed E-state index contributed by atoms with van der Waals surface area (Å²) < 4.78 is 21.1. The second-order valence-corrected chi connectivity index (χ2v) is 30.6. The summed E-state index contributed by atoms with van der Waals surface area (Å²) >= 11 is 0. The third-order valence-corrected chi connectivity index (χ3v) is 17.1. The molecule has 0 heterocycles. The number of benzene rings is 2. The molecule has 2 aromatic carbocycles. The number of carbonyl (C=O) groups is 7. The second-order valence-electron chi connectivity index (χ2n) is 30.6. The van der Waals surface area contributed by atoms with E-state index in [1.807, 2.05) is 33.8 Å². The number of nitrogens with one attached hydrogen (secondary N) is 2. The first-order chi connectivity index (χ1) is 63.2. The molecule has 2 aromatic rings. The number of terminal acetylenes is 1. The Bertz CT molecular complexity index is 3800. The number of hydrogen-bond donors (Lipinski definition) is 5. The van der Waals surface area contributed by atoms with Crippen LogP contribution in [0.15, 0.2) is 267 Å². The van der Waals surface area contributed by atoms with Gasteiger partial charge in [-0.1, -0.05) is 319 Å². The molecule has 0 radical (unpaired) electrons. The van der Waals surface area contributed by atoms with Gasteiger partial charge in [0.2, 0.25) is 11.8 Å². The Hall–Kier alpha value is -10.7. The third kappa shape index (κ3) is 108. The van der Waals surface area contributed by atoms with Crippen LogP contribution in [0.2, 0.25) is 0 Å². The number of amides is 2. The zero-order valence-electron chi connectivity index (χ0n) is 83.4. The molecule has 132 heavy (non-hydrogen) atoms. The van der Waals surface area contributed by atoms with Crippen molar-refractivity contribution in [3.63, 3.8) is 0 Å². The van der Waals surface area contributed by atoms with Crippen LogP contribution in [0.4, 0.5) is 0 Å². The van der Waals surface area contributed by atoms with Crippen LogP contribution in [0.1, 0.15) is 298 Å². The fraction of sp³-hybridized carbons (Fsp3) is 0.468. The van der Waals surface area contributed by atoms with Crippen LogP contribution in [0.25, 0.3) is 0 Å². The van der Waals surface area contributed by atoms with Crippen molar-refractivity contribution < 1.29 is 114 Å². The molecule has 2 atom stereocenters. The number of ether oxygens (including phenoxy) is 3. The average molecular weight is 1840 g/mol. The molecule has 21 heteroatoms. The SMILES string of the molecule is CC(C)CC(N)C(=O)O.CC/C=C\C/C=C\C/C=C\C/C=C\C/C=C\C/C=C\CCC(=O)CC(CC(C)C)C(=O)Oc1ccccc1C(=O)OCC.CC/C=C\C/C=C\C/C=C\C/C=C\C/C=C\C/C=C\CCC(=O)NCCC(C)C.CC/C=C\C/C=C\C/C=C\C/C=C\C/C=C\C/C=C\CCC(=O)NCCC(C)C.CCOC(=O)c1ccccc1O.O=C=O.O=C=O.[2H]C#C.[Na+].[OH-]. The van der Waals surface area contributed by atoms with E-state index in [9.17, 15) is 38.7 Å². The number of carboxylic acids is 1. The van der Waals surface area contributed by atoms with Gasteiger partial charge in [-0.3, -0.25) is 24.0 Å². The molecule has 0 aromatic heterocycles. The molecule has 0 saturated heterocycles. The molecule has 20 nitrogen and oxygen atoms in total. The van der Waals surface area contributed by atoms with E-state index in [1.54, 1.807) is 50.2 Å². The fourth-order valence-corrected chi connectivity index (χ4v) is 10.6. The summed E-state index contributed by atoms with van der Waals surface area (Å²) in [6, 6.07) is 12.1. The van der Waals surface area contributed by atoms with Crippen molar-refractivity contribution in [2.24, 2.45) is 35.3 Å². The van der Waals surface area contributed by atoms with E-state index in [1.165, 1.54) is 18.5 Å². The van der Waals surface area contributed by atoms with Crippen LogP contribution in [0, 0.1) is 42.4 Å². The molecule has 726 valence electrons. The van der Waals surface area contributed by atoms with Gasteiger partial charge in [0.05, 0.1) is 19.1 Å². The van der Waals surface area contributed by atoms with Gasteiger partial charge in [-0.05, 0) is 222 Å². The number of allylic oxidation sites excluding steroid dienone is 36. The number of rotatable bonds is 61. The molecular formula is C111H164N3NaO17. The van der Waals surface area contributed by atoms with Crippen molar-refractivity contribution in [2.45, 2.75) is 282 Å². The summed E-state index contributed by atoms with van der Waals surface area (Å²) in [6.45, 7) is 28.6. The van der Waals surface area contributed by atoms with E-state index in [-0.39, 0.29) is 107 Å². The maximum Gasteiger partial charge on any atom is 1.00 e. The number of carboxylic acid groups (broad SMARTS) is 1. The van der Waals surface area contributed by atoms with Crippen LogP contribution in [-0.4, -0.2) is 102 Å². The summed E-state index contributed by atoms with van der Waals surface area (Å²) in [5.74, 6) is -0.696. The topological polar surface area (TPSA) is 336 Å². The van der Waals surface area contributed by atoms with Gasteiger partial charge in [0, 0.05) is 38.8 Å². The van der Waals surface area contributed by atoms with E-state index in [2.05, 4.69) is 278 Å². The summed E-state index contributed by atoms with van der Waals surface area (Å²) in [5.41, 5.74) is 5.62. The summed E-state index contributed by atoms with van der Waals surface area (Å²) in [6.07, 6.45) is 110. The maximum atomic E-state index is 13.0. The third-order valence-electron chi connectivity index (χ3n) is 17.1. The van der Waals surface area contributed by atoms with Crippen LogP contribution in [0.3, 0.4) is 0 Å². The maximum absolute atomic E-state index is 13.0. The molecule has 0 spiro atoms. The van der Waals surface area contributed by atoms with Crippen LogP contribution < -0.4 is 50.7 Å². The first kappa shape index (κ1) is 134. The van der Waals surface area contributed by atoms with Crippen molar-refractivity contribution in [1.29, 1.82) is 0 Å². The normalized spacial score (nSPS) is 11.9. The Morgan fingerprint density at radius 1 is 0.409 bits per heavy atom. The molecule has 0 fully saturated rings. The predicted molar refractivity (Wildman–Crippen MR) is 539 cm³/mol. The first-order valence-corrected chi connectivity index (χ1v) is 46.3. The van der Waals surface area contributed by atoms with Gasteiger partial charge in [-0.2, -0.15) is 19.2 Å². The number of para-hydroxylation sites is 2. The minimum atomic E-state index is -0.913. The molecular weight excluding hydrogens is 1670 g/mol. The van der Waals surface area contributed by atoms with E-state index in [4.69, 9.17) is 45.6 Å². The molecule has 0 aliphatic rings. The predicted octanol–water partition coefficient (Wildman–Crippen LogP) is 23.0. The van der Waals surface area contributed by atoms with Gasteiger partial charge >= 0.3 is 65.7 Å². The Labute approximate surface area is 819 Å². The molecule has 7 N–H and O–H groups in total. The molecule has 0 bridgehead atoms. The fourth-order valence-electron chi connectivity index (χ4n) is 10.6. The molecule has 0 saturated carbocycles. The number of aliphatic carboxylic acids is 1. The number of nitrogens with two attached hydrogens (primary N) is 1. The molecule has 2 rings (SSSR count). The second kappa shape index (κ2) is 111. The van der Waals surface area contributed by atoms with Crippen LogP contribution >= 0.6 is 0 Å². The monoisotopic (exact) mass is 1840 g/mol. The average Bonchev–Trinajstić information content (AvgIpc) is 0.859. The van der Waals surface area contributed by atoms with Gasteiger partial charge < -0.3 is 46.3 Å². The van der Waals surface area contributed by atoms with Gasteiger partial charge in [-0.25, -0.2) is 9.59 Å². The van der Waals surface area contributed by atoms with Crippen molar-refractivity contribution in [1.82, 2.24) is 10.6 Å². The molecule has 2 amide bonds. The minimum Gasteiger partial charge on any atom is -0.870 e. The van der Waals surface area contributed by atoms with Crippen molar-refractivity contribution >= 4 is 53.8 Å². The number of Topliss-reactive ketones (excluding diaryl/α,β-unsaturated/α-hetero) is 1. The number of ketones is 1. The Balaban J connectivity index is -0.000000255. The standard InChI is InChI=1S/C38H52O5.2C27H43NO.C9H10O3.C6H13NO2.C2H2.2CO2.Na.H2O/c1-5-7-8-9-10-11-12-13-14-15-16-17-18-19-20-21-22-23-24-27-34(39)31-33(30-32(3)4)37(40)43-36-29-26-25-28-35(36)38(41)42-6-2;2*1-4-5-6-7-8-9-10-11-12-13-14-15-16-17-18-19-20-21-22-23-27(29)28-25-24-26(2)3;1-2-12-9(11)7-5-3-4-6-8(7)10;1-4(2)3-5(7)6(8)9;1-2;2*2-1-3;;/h7-8,10-11,13-14,16-17,19-20,22-23,25-26,28-29,32-33H,5-6,9,12,15,18,21,24,27,30-31H2,1-4H3;2*5-6,8-9,11-12,14-15,17-18,20-21,26H,4,7,10,13,16,19,22-25H2,1-3H3,(H,28,29);3-6,10H,2H2,1H3;4-5H,3,7H2,1-2H3,(H,8,9);1-2H;;;;1H2/q;;;;;;;;+1;/p-1/b8-7-,11-10-,14-13-,17-16-,20-19-,23-22-;2*6-5-,9-8-,12-11-,15-14-,18-17-,21-20-;;;;;;;/i;;;;;1D;;;;. The summed E-state index contributed by atoms with van der Waals surface area (Å²) in [7, 11) is 0. The van der Waals surface area contributed by atoms with Gasteiger partial charge in [-0.15, -0.1) is 12.8 Å². The zero-order chi connectivity index (χ0) is 98.9. The Morgan fingerprint density at radius 3 is 0.924 bits per heavy atom. The number of phenolic OH excluding ortho intramolecular Hbond substituents is 1. The van der Waals surface area contributed by atoms with Gasteiger partial charge in [0.25, 0.3) is 0 Å². The van der Waals surface area contributed by atoms with E-state index in [0.29, 0.717) is 62.9 Å². The van der Waals surface area contributed by atoms with E-state index < -0.39 is 35.8 Å². The molecule has 0 aliphatic carbocycles. The van der Waals surface area contributed by atoms with Crippen LogP contribution in [0.5, 0.6) is 11.5 Å². The van der Waals surface area contributed by atoms with Gasteiger partial charge in [0.1, 0.15) is 35.8 Å². The minimum absolute atomic E-state index is 0. The number of carbonyl (C=O) groups excluding carboxylic acids is 10. The van der Waals surface area contributed by atoms with Gasteiger partial charge in [0.15, 0.2) is 0 Å². The van der Waals surface area contributed by atoms with E-state index >= 15 is 0 Å². The zero-order valence-corrected chi connectivity index (χ0v) is 84.4. The number of esters is 3. The number of hydrogen-bond acceptors (Lipinski definition) is 17. The molecule has 2 unspecified atom stereocenters. The molecule has 0 aliphatic heterocycles. The largest absolute Gasteiger partial charge is 1.00 e. The van der Waals surface area contributed by atoms with Crippen LogP contribution in [-0.2, 0) is 52.6 Å². The Morgan fingerprint density at radius 2 is 0.667 bits per heavy atom. The number of aromatic hydroxyl groups is 1. The first-order valence-electron chi connectivity index (χ1n) is 46.8. The van der Waals surface area contributed by atoms with Crippen molar-refractivity contribution in [3.05, 3.63) is 278 Å². The van der Waals surface area contributed by atoms with Crippen molar-refractivity contribution in [2.75, 3.05) is 26.3 Å². The quantitative estimate of drug-likeness (QED) is 0.0135. The summed E-state index contributed by atoms with van der Waals surface area (Å²) in [4.78, 5) is 115. The van der Waals surface area contributed by atoms with E-state index in [0.717, 1.165) is 154 Å². The Kier molecular flexibility index (Phi) is 113. The smallest absolute Gasteiger partial charge is 0.870 e. The summed E-state index contributed by atoms with van der Waals surface area (Å²) in [5, 5.41) is 23.4. The number of phenols is 1.